The third-order valence-electron chi connectivity index (χ3n) is 3.63. The predicted octanol–water partition coefficient (Wildman–Crippen LogP) is 1.23. The number of halogens is 1. The van der Waals surface area contributed by atoms with Crippen molar-refractivity contribution >= 4 is 0 Å². The van der Waals surface area contributed by atoms with Crippen molar-refractivity contribution < 1.29 is 28.5 Å². The van der Waals surface area contributed by atoms with Crippen molar-refractivity contribution in [2.75, 3.05) is 26.2 Å². The van der Waals surface area contributed by atoms with Crippen LogP contribution in [0.15, 0.2) is 0 Å². The van der Waals surface area contributed by atoms with Gasteiger partial charge in [0.05, 0.1) is 26.2 Å². The molecule has 0 aromatic heterocycles. The van der Waals surface area contributed by atoms with Crippen molar-refractivity contribution in [3.05, 3.63) is 0 Å². The van der Waals surface area contributed by atoms with Gasteiger partial charge in [0.25, 0.3) is 0 Å². The highest BCUT2D eigenvalue weighted by Crippen LogP contribution is 2.14. The quantitative estimate of drug-likeness (QED) is 0.414. The Hall–Kier alpha value is 0.690. The highest BCUT2D eigenvalue weighted by Gasteiger charge is 2.22. The summed E-state index contributed by atoms with van der Waals surface area (Å²) in [7, 11) is 0. The largest absolute Gasteiger partial charge is 1.00 e. The van der Waals surface area contributed by atoms with E-state index in [9.17, 15) is 0 Å². The lowest BCUT2D eigenvalue weighted by Crippen LogP contribution is -3.00. The Kier molecular flexibility index (Phi) is 14.5. The Labute approximate surface area is 121 Å². The molecule has 0 saturated carbocycles. The van der Waals surface area contributed by atoms with Gasteiger partial charge in [-0.25, -0.2) is 0 Å². The minimum Gasteiger partial charge on any atom is -1.00 e. The molecule has 16 heavy (non-hydrogen) atoms. The van der Waals surface area contributed by atoms with Crippen LogP contribution in [0.25, 0.3) is 0 Å². The van der Waals surface area contributed by atoms with Crippen LogP contribution >= 0.6 is 0 Å². The zero-order valence-electron chi connectivity index (χ0n) is 11.9. The first kappa shape index (κ1) is 19.0. The van der Waals surface area contributed by atoms with Gasteiger partial charge in [0.2, 0.25) is 0 Å². The van der Waals surface area contributed by atoms with E-state index in [0.29, 0.717) is 0 Å². The van der Waals surface area contributed by atoms with E-state index in [4.69, 9.17) is 0 Å². The molecule has 2 heteroatoms. The fraction of sp³-hybridized carbons (Fsp3) is 1.00. The van der Waals surface area contributed by atoms with E-state index in [1.165, 1.54) is 69.2 Å². The van der Waals surface area contributed by atoms with Gasteiger partial charge in [0.1, 0.15) is 0 Å². The summed E-state index contributed by atoms with van der Waals surface area (Å²) in [5.41, 5.74) is 0. The Morgan fingerprint density at radius 2 is 0.938 bits per heavy atom. The van der Waals surface area contributed by atoms with Crippen LogP contribution in [0, 0.1) is 0 Å². The van der Waals surface area contributed by atoms with Crippen molar-refractivity contribution in [2.24, 2.45) is 0 Å². The predicted molar refractivity (Wildman–Crippen MR) is 70.1 cm³/mol. The summed E-state index contributed by atoms with van der Waals surface area (Å²) in [5, 5.41) is 0. The van der Waals surface area contributed by atoms with E-state index in [0.717, 1.165) is 0 Å². The second-order valence-electron chi connectivity index (χ2n) is 4.89. The third kappa shape index (κ3) is 7.88. The normalized spacial score (nSPS) is 11.2. The summed E-state index contributed by atoms with van der Waals surface area (Å²) < 4.78 is 1.38. The summed E-state index contributed by atoms with van der Waals surface area (Å²) in [6, 6.07) is 0. The lowest BCUT2D eigenvalue weighted by atomic mass is 10.1. The standard InChI is InChI=1S/C14H32N.HI/c1-5-9-12-15(8-4,13-10-6-2)14-11-7-3;/h5-14H2,1-4H3;1H/q+1;/p-1. The van der Waals surface area contributed by atoms with Gasteiger partial charge in [-0.2, -0.15) is 0 Å². The molecule has 0 aliphatic heterocycles. The van der Waals surface area contributed by atoms with E-state index < -0.39 is 0 Å². The maximum atomic E-state index is 2.38. The molecule has 0 aliphatic rings. The average molecular weight is 341 g/mol. The molecule has 0 heterocycles. The van der Waals surface area contributed by atoms with Crippen molar-refractivity contribution in [1.29, 1.82) is 0 Å². The molecule has 0 unspecified atom stereocenters. The van der Waals surface area contributed by atoms with Crippen molar-refractivity contribution in [3.63, 3.8) is 0 Å². The molecular weight excluding hydrogens is 309 g/mol. The first-order valence-electron chi connectivity index (χ1n) is 7.09. The number of nitrogens with zero attached hydrogens (tertiary/aromatic N) is 1. The van der Waals surface area contributed by atoms with Gasteiger partial charge in [-0.15, -0.1) is 0 Å². The molecule has 0 aromatic rings. The van der Waals surface area contributed by atoms with Gasteiger partial charge < -0.3 is 28.5 Å². The van der Waals surface area contributed by atoms with Gasteiger partial charge in [-0.3, -0.25) is 0 Å². The Morgan fingerprint density at radius 3 is 1.12 bits per heavy atom. The smallest absolute Gasteiger partial charge is 0.0786 e. The summed E-state index contributed by atoms with van der Waals surface area (Å²) >= 11 is 0. The maximum absolute atomic E-state index is 2.38. The number of rotatable bonds is 10. The molecule has 0 spiro atoms. The van der Waals surface area contributed by atoms with Crippen LogP contribution in [-0.4, -0.2) is 30.7 Å². The van der Waals surface area contributed by atoms with E-state index in [1.807, 2.05) is 0 Å². The maximum Gasteiger partial charge on any atom is 0.0786 e. The molecule has 0 aliphatic carbocycles. The van der Waals surface area contributed by atoms with Crippen LogP contribution < -0.4 is 24.0 Å². The first-order valence-corrected chi connectivity index (χ1v) is 7.09. The highest BCUT2D eigenvalue weighted by atomic mass is 127. The Morgan fingerprint density at radius 1 is 0.625 bits per heavy atom. The Balaban J connectivity index is 0. The van der Waals surface area contributed by atoms with E-state index in [2.05, 4.69) is 27.7 Å². The molecule has 1 nitrogen and oxygen atoms in total. The fourth-order valence-corrected chi connectivity index (χ4v) is 2.29. The van der Waals surface area contributed by atoms with Gasteiger partial charge >= 0.3 is 0 Å². The summed E-state index contributed by atoms with van der Waals surface area (Å²) in [6.45, 7) is 14.9. The molecular formula is C14H32IN. The lowest BCUT2D eigenvalue weighted by molar-refractivity contribution is -0.927. The van der Waals surface area contributed by atoms with Gasteiger partial charge in [-0.1, -0.05) is 40.0 Å². The van der Waals surface area contributed by atoms with E-state index in [1.54, 1.807) is 0 Å². The molecule has 0 fully saturated rings. The third-order valence-corrected chi connectivity index (χ3v) is 3.63. The molecule has 100 valence electrons. The monoisotopic (exact) mass is 341 g/mol. The molecule has 0 saturated heterocycles. The summed E-state index contributed by atoms with van der Waals surface area (Å²) in [4.78, 5) is 0. The molecule has 0 amide bonds. The van der Waals surface area contributed by atoms with E-state index >= 15 is 0 Å². The van der Waals surface area contributed by atoms with Crippen LogP contribution in [0.2, 0.25) is 0 Å². The van der Waals surface area contributed by atoms with Crippen molar-refractivity contribution in [1.82, 2.24) is 0 Å². The minimum atomic E-state index is 0. The molecule has 0 rings (SSSR count). The fourth-order valence-electron chi connectivity index (χ4n) is 2.29. The topological polar surface area (TPSA) is 0 Å². The second kappa shape index (κ2) is 12.2. The first-order chi connectivity index (χ1) is 7.24. The highest BCUT2D eigenvalue weighted by molar-refractivity contribution is 4.46. The number of quaternary nitrogens is 1. The Bertz CT molecular complexity index is 115. The van der Waals surface area contributed by atoms with Crippen LogP contribution in [-0.2, 0) is 0 Å². The molecule has 0 aromatic carbocycles. The van der Waals surface area contributed by atoms with Crippen molar-refractivity contribution in [3.8, 4) is 0 Å². The zero-order valence-corrected chi connectivity index (χ0v) is 14.1. The van der Waals surface area contributed by atoms with Gasteiger partial charge in [0.15, 0.2) is 0 Å². The lowest BCUT2D eigenvalue weighted by Gasteiger charge is -2.38. The van der Waals surface area contributed by atoms with Gasteiger partial charge in [0, 0.05) is 0 Å². The average Bonchev–Trinajstić information content (AvgIpc) is 2.29. The van der Waals surface area contributed by atoms with Gasteiger partial charge in [-0.05, 0) is 26.2 Å². The number of hydrogen-bond donors (Lipinski definition) is 0. The van der Waals surface area contributed by atoms with Crippen LogP contribution in [0.4, 0.5) is 0 Å². The summed E-state index contributed by atoms with van der Waals surface area (Å²) in [5.74, 6) is 0. The second-order valence-corrected chi connectivity index (χ2v) is 4.89. The van der Waals surface area contributed by atoms with Crippen LogP contribution in [0.3, 0.4) is 0 Å². The summed E-state index contributed by atoms with van der Waals surface area (Å²) in [6.07, 6.45) is 8.25. The molecule has 0 N–H and O–H groups in total. The molecule has 0 radical (unpaired) electrons. The number of unbranched alkanes of at least 4 members (excludes halogenated alkanes) is 3. The van der Waals surface area contributed by atoms with Crippen LogP contribution in [0.5, 0.6) is 0 Å². The van der Waals surface area contributed by atoms with Crippen molar-refractivity contribution in [2.45, 2.75) is 66.2 Å². The van der Waals surface area contributed by atoms with E-state index in [-0.39, 0.29) is 24.0 Å². The molecule has 0 atom stereocenters. The SMILES string of the molecule is CCCC[N+](CC)(CCCC)CCCC.[I-]. The zero-order chi connectivity index (χ0) is 11.6. The number of hydrogen-bond acceptors (Lipinski definition) is 0. The molecule has 0 bridgehead atoms. The van der Waals surface area contributed by atoms with Crippen LogP contribution in [0.1, 0.15) is 66.2 Å². The minimum absolute atomic E-state index is 0.